The van der Waals surface area contributed by atoms with Gasteiger partial charge in [0.2, 0.25) is 0 Å². The molecule has 21 heavy (non-hydrogen) atoms. The van der Waals surface area contributed by atoms with Crippen LogP contribution in [0.25, 0.3) is 0 Å². The lowest BCUT2D eigenvalue weighted by Crippen LogP contribution is -2.00. The van der Waals surface area contributed by atoms with Crippen LogP contribution in [0, 0.1) is 18.8 Å². The Morgan fingerprint density at radius 2 is 2.10 bits per heavy atom. The molecule has 0 spiro atoms. The standard InChI is InChI=1S/C18H21NOS/c1-13(2)16-7-6-14(3)11-17(16)20-12-18-15(5-4-9-19)8-10-21-18/h6-8,10-11,13H,9,12,19H2,1-3H3. The molecular formula is C18H21NOS. The summed E-state index contributed by atoms with van der Waals surface area (Å²) in [4.78, 5) is 1.15. The topological polar surface area (TPSA) is 35.2 Å². The molecule has 3 heteroatoms. The Hall–Kier alpha value is -1.76. The SMILES string of the molecule is Cc1ccc(C(C)C)c(OCc2sccc2C#CCN)c1. The molecule has 2 rings (SSSR count). The second kappa shape index (κ2) is 7.31. The molecule has 110 valence electrons. The van der Waals surface area contributed by atoms with Gasteiger partial charge in [0.1, 0.15) is 12.4 Å². The average molecular weight is 299 g/mol. The Morgan fingerprint density at radius 3 is 2.81 bits per heavy atom. The quantitative estimate of drug-likeness (QED) is 0.864. The first-order chi connectivity index (χ1) is 10.1. The van der Waals surface area contributed by atoms with Crippen molar-refractivity contribution in [3.63, 3.8) is 0 Å². The van der Waals surface area contributed by atoms with Crippen LogP contribution in [0.3, 0.4) is 0 Å². The Bertz CT molecular complexity index is 661. The molecule has 0 radical (unpaired) electrons. The Kier molecular flexibility index (Phi) is 5.44. The average Bonchev–Trinajstić information content (AvgIpc) is 2.90. The van der Waals surface area contributed by atoms with Crippen LogP contribution < -0.4 is 10.5 Å². The van der Waals surface area contributed by atoms with E-state index in [4.69, 9.17) is 10.5 Å². The van der Waals surface area contributed by atoms with Crippen molar-refractivity contribution >= 4 is 11.3 Å². The summed E-state index contributed by atoms with van der Waals surface area (Å²) in [5, 5.41) is 2.04. The molecule has 2 nitrogen and oxygen atoms in total. The van der Waals surface area contributed by atoms with E-state index < -0.39 is 0 Å². The molecule has 2 N–H and O–H groups in total. The first-order valence-electron chi connectivity index (χ1n) is 7.10. The van der Waals surface area contributed by atoms with Gasteiger partial charge >= 0.3 is 0 Å². The highest BCUT2D eigenvalue weighted by Crippen LogP contribution is 2.29. The lowest BCUT2D eigenvalue weighted by atomic mass is 10.0. The third-order valence-electron chi connectivity index (χ3n) is 3.22. The summed E-state index contributed by atoms with van der Waals surface area (Å²) < 4.78 is 6.06. The summed E-state index contributed by atoms with van der Waals surface area (Å²) in [5.41, 5.74) is 8.90. The van der Waals surface area contributed by atoms with E-state index in [1.807, 2.05) is 11.4 Å². The van der Waals surface area contributed by atoms with E-state index in [2.05, 4.69) is 50.8 Å². The van der Waals surface area contributed by atoms with Crippen LogP contribution in [-0.4, -0.2) is 6.54 Å². The molecular weight excluding hydrogens is 278 g/mol. The molecule has 2 aromatic rings. The summed E-state index contributed by atoms with van der Waals surface area (Å²) in [6, 6.07) is 8.41. The summed E-state index contributed by atoms with van der Waals surface area (Å²) >= 11 is 1.67. The van der Waals surface area contributed by atoms with Crippen LogP contribution in [-0.2, 0) is 6.61 Å². The number of benzene rings is 1. The monoisotopic (exact) mass is 299 g/mol. The smallest absolute Gasteiger partial charge is 0.124 e. The van der Waals surface area contributed by atoms with E-state index in [-0.39, 0.29) is 0 Å². The maximum atomic E-state index is 6.06. The van der Waals surface area contributed by atoms with Crippen molar-refractivity contribution in [3.8, 4) is 17.6 Å². The van der Waals surface area contributed by atoms with Crippen molar-refractivity contribution < 1.29 is 4.74 Å². The van der Waals surface area contributed by atoms with Gasteiger partial charge in [0, 0.05) is 5.56 Å². The lowest BCUT2D eigenvalue weighted by Gasteiger charge is -2.14. The number of nitrogens with two attached hydrogens (primary N) is 1. The zero-order valence-electron chi connectivity index (χ0n) is 12.8. The highest BCUT2D eigenvalue weighted by atomic mass is 32.1. The highest BCUT2D eigenvalue weighted by Gasteiger charge is 2.10. The fourth-order valence-corrected chi connectivity index (χ4v) is 2.84. The van der Waals surface area contributed by atoms with Crippen LogP contribution in [0.1, 0.15) is 41.3 Å². The summed E-state index contributed by atoms with van der Waals surface area (Å²) in [6.45, 7) is 7.38. The minimum Gasteiger partial charge on any atom is -0.488 e. The van der Waals surface area contributed by atoms with E-state index in [9.17, 15) is 0 Å². The maximum Gasteiger partial charge on any atom is 0.124 e. The van der Waals surface area contributed by atoms with Crippen molar-refractivity contribution in [2.75, 3.05) is 6.54 Å². The van der Waals surface area contributed by atoms with E-state index in [1.54, 1.807) is 11.3 Å². The third kappa shape index (κ3) is 4.10. The molecule has 1 aromatic heterocycles. The summed E-state index contributed by atoms with van der Waals surface area (Å²) in [7, 11) is 0. The molecule has 0 saturated carbocycles. The van der Waals surface area contributed by atoms with Crippen molar-refractivity contribution in [2.24, 2.45) is 5.73 Å². The van der Waals surface area contributed by atoms with Crippen molar-refractivity contribution in [1.29, 1.82) is 0 Å². The van der Waals surface area contributed by atoms with Gasteiger partial charge in [-0.3, -0.25) is 0 Å². The second-order valence-corrected chi connectivity index (χ2v) is 6.25. The van der Waals surface area contributed by atoms with Crippen LogP contribution in [0.15, 0.2) is 29.6 Å². The minimum atomic E-state index is 0.380. The van der Waals surface area contributed by atoms with Crippen molar-refractivity contribution in [2.45, 2.75) is 33.3 Å². The zero-order valence-corrected chi connectivity index (χ0v) is 13.6. The largest absolute Gasteiger partial charge is 0.488 e. The van der Waals surface area contributed by atoms with E-state index >= 15 is 0 Å². The molecule has 0 unspecified atom stereocenters. The predicted octanol–water partition coefficient (Wildman–Crippen LogP) is 4.07. The molecule has 0 amide bonds. The second-order valence-electron chi connectivity index (χ2n) is 5.25. The Labute approximate surface area is 131 Å². The number of aryl methyl sites for hydroxylation is 1. The third-order valence-corrected chi connectivity index (χ3v) is 4.11. The summed E-state index contributed by atoms with van der Waals surface area (Å²) in [5.74, 6) is 7.40. The highest BCUT2D eigenvalue weighted by molar-refractivity contribution is 7.10. The van der Waals surface area contributed by atoms with Crippen LogP contribution in [0.4, 0.5) is 0 Å². The van der Waals surface area contributed by atoms with Crippen LogP contribution in [0.5, 0.6) is 5.75 Å². The van der Waals surface area contributed by atoms with Crippen molar-refractivity contribution in [1.82, 2.24) is 0 Å². The maximum absolute atomic E-state index is 6.06. The molecule has 0 saturated heterocycles. The van der Waals surface area contributed by atoms with Gasteiger partial charge in [-0.2, -0.15) is 0 Å². The van der Waals surface area contributed by atoms with Gasteiger partial charge in [0.05, 0.1) is 11.4 Å². The normalized spacial score (nSPS) is 10.3. The van der Waals surface area contributed by atoms with Crippen LogP contribution in [0.2, 0.25) is 0 Å². The number of ether oxygens (including phenoxy) is 1. The van der Waals surface area contributed by atoms with E-state index in [1.165, 1.54) is 11.1 Å². The zero-order chi connectivity index (χ0) is 15.2. The molecule has 0 fully saturated rings. The van der Waals surface area contributed by atoms with Gasteiger partial charge < -0.3 is 10.5 Å². The fraction of sp³-hybridized carbons (Fsp3) is 0.333. The fourth-order valence-electron chi connectivity index (χ4n) is 2.10. The van der Waals surface area contributed by atoms with Gasteiger partial charge in [-0.05, 0) is 41.5 Å². The predicted molar refractivity (Wildman–Crippen MR) is 89.9 cm³/mol. The molecule has 0 aliphatic rings. The first kappa shape index (κ1) is 15.6. The van der Waals surface area contributed by atoms with Gasteiger partial charge in [-0.25, -0.2) is 0 Å². The number of hydrogen-bond donors (Lipinski definition) is 1. The Morgan fingerprint density at radius 1 is 1.29 bits per heavy atom. The molecule has 1 heterocycles. The minimum absolute atomic E-state index is 0.380. The number of rotatable bonds is 4. The molecule has 0 bridgehead atoms. The van der Waals surface area contributed by atoms with Crippen LogP contribution >= 0.6 is 11.3 Å². The van der Waals surface area contributed by atoms with E-state index in [0.717, 1.165) is 16.2 Å². The van der Waals surface area contributed by atoms with Gasteiger partial charge in [-0.15, -0.1) is 11.3 Å². The lowest BCUT2D eigenvalue weighted by molar-refractivity contribution is 0.305. The molecule has 0 aliphatic heterocycles. The van der Waals surface area contributed by atoms with Gasteiger partial charge in [0.15, 0.2) is 0 Å². The Balaban J connectivity index is 2.17. The molecule has 0 aliphatic carbocycles. The number of hydrogen-bond acceptors (Lipinski definition) is 3. The molecule has 0 atom stereocenters. The summed E-state index contributed by atoms with van der Waals surface area (Å²) in [6.07, 6.45) is 0. The van der Waals surface area contributed by atoms with Crippen molar-refractivity contribution in [3.05, 3.63) is 51.2 Å². The van der Waals surface area contributed by atoms with Gasteiger partial charge in [0.25, 0.3) is 0 Å². The van der Waals surface area contributed by atoms with Gasteiger partial charge in [-0.1, -0.05) is 37.8 Å². The molecule has 1 aromatic carbocycles. The number of thiophene rings is 1. The van der Waals surface area contributed by atoms with E-state index in [0.29, 0.717) is 19.1 Å². The first-order valence-corrected chi connectivity index (χ1v) is 7.98.